The smallest absolute Gasteiger partial charge is 0.270 e. The van der Waals surface area contributed by atoms with Crippen LogP contribution in [0.4, 0.5) is 5.95 Å². The number of nitrogens with zero attached hydrogens (tertiary/aromatic N) is 4. The third-order valence-corrected chi connectivity index (χ3v) is 5.96. The number of carbonyl (C=O) groups is 1. The van der Waals surface area contributed by atoms with Crippen LogP contribution in [0.3, 0.4) is 0 Å². The summed E-state index contributed by atoms with van der Waals surface area (Å²) in [6, 6.07) is 1.76. The van der Waals surface area contributed by atoms with Crippen molar-refractivity contribution in [2.24, 2.45) is 5.41 Å². The maximum atomic E-state index is 12.9. The van der Waals surface area contributed by atoms with Gasteiger partial charge in [0.15, 0.2) is 0 Å². The molecule has 8 nitrogen and oxygen atoms in total. The summed E-state index contributed by atoms with van der Waals surface area (Å²) in [5.41, 5.74) is 1.28. The van der Waals surface area contributed by atoms with Crippen molar-refractivity contribution < 1.29 is 14.3 Å². The summed E-state index contributed by atoms with van der Waals surface area (Å²) in [6.45, 7) is 14.2. The molecule has 3 rings (SSSR count). The third-order valence-electron chi connectivity index (χ3n) is 5.96. The normalized spacial score (nSPS) is 19.7. The Morgan fingerprint density at radius 1 is 1.14 bits per heavy atom. The van der Waals surface area contributed by atoms with E-state index in [0.717, 1.165) is 77.7 Å². The number of hydrogen-bond acceptors (Lipinski definition) is 7. The van der Waals surface area contributed by atoms with Crippen LogP contribution in [0.5, 0.6) is 0 Å². The molecule has 2 saturated heterocycles. The molecule has 29 heavy (non-hydrogen) atoms. The predicted molar refractivity (Wildman–Crippen MR) is 112 cm³/mol. The van der Waals surface area contributed by atoms with Crippen LogP contribution in [0.1, 0.15) is 42.9 Å². The molecule has 0 aliphatic carbocycles. The summed E-state index contributed by atoms with van der Waals surface area (Å²) in [4.78, 5) is 26.5. The molecule has 8 heteroatoms. The lowest BCUT2D eigenvalue weighted by Gasteiger charge is -2.42. The molecule has 0 unspecified atom stereocenters. The topological polar surface area (TPSA) is 79.8 Å². The average molecular weight is 406 g/mol. The maximum Gasteiger partial charge on any atom is 0.270 e. The average Bonchev–Trinajstić information content (AvgIpc) is 2.74. The SMILES string of the molecule is CCN(CC)c1nc(C)cc(C(=O)NCC2(CN3CCOCC3)CCOCC2)n1. The highest BCUT2D eigenvalue weighted by molar-refractivity contribution is 5.92. The summed E-state index contributed by atoms with van der Waals surface area (Å²) >= 11 is 0. The number of anilines is 1. The second-order valence-electron chi connectivity index (χ2n) is 8.05. The fraction of sp³-hybridized carbons (Fsp3) is 0.762. The van der Waals surface area contributed by atoms with Crippen LogP contribution in [-0.2, 0) is 9.47 Å². The highest BCUT2D eigenvalue weighted by Crippen LogP contribution is 2.31. The largest absolute Gasteiger partial charge is 0.381 e. The van der Waals surface area contributed by atoms with Crippen molar-refractivity contribution in [3.05, 3.63) is 17.5 Å². The molecule has 0 spiro atoms. The van der Waals surface area contributed by atoms with Gasteiger partial charge < -0.3 is 19.7 Å². The minimum atomic E-state index is -0.128. The van der Waals surface area contributed by atoms with Crippen molar-refractivity contribution in [1.82, 2.24) is 20.2 Å². The van der Waals surface area contributed by atoms with Crippen molar-refractivity contribution in [3.63, 3.8) is 0 Å². The van der Waals surface area contributed by atoms with Gasteiger partial charge in [0, 0.05) is 63.6 Å². The minimum Gasteiger partial charge on any atom is -0.381 e. The lowest BCUT2D eigenvalue weighted by Crippen LogP contribution is -2.50. The van der Waals surface area contributed by atoms with Gasteiger partial charge in [0.1, 0.15) is 5.69 Å². The van der Waals surface area contributed by atoms with Crippen LogP contribution in [0.25, 0.3) is 0 Å². The number of aromatic nitrogens is 2. The van der Waals surface area contributed by atoms with E-state index in [4.69, 9.17) is 9.47 Å². The van der Waals surface area contributed by atoms with Gasteiger partial charge in [-0.15, -0.1) is 0 Å². The van der Waals surface area contributed by atoms with Crippen molar-refractivity contribution in [2.45, 2.75) is 33.6 Å². The van der Waals surface area contributed by atoms with E-state index < -0.39 is 0 Å². The number of ether oxygens (including phenoxy) is 2. The molecular weight excluding hydrogens is 370 g/mol. The monoisotopic (exact) mass is 405 g/mol. The molecule has 0 aromatic carbocycles. The van der Waals surface area contributed by atoms with Crippen LogP contribution in [-0.4, -0.2) is 86.5 Å². The van der Waals surface area contributed by atoms with E-state index >= 15 is 0 Å². The Labute approximate surface area is 174 Å². The lowest BCUT2D eigenvalue weighted by molar-refractivity contribution is -0.0283. The Kier molecular flexibility index (Phi) is 7.80. The summed E-state index contributed by atoms with van der Waals surface area (Å²) < 4.78 is 11.1. The maximum absolute atomic E-state index is 12.9. The molecule has 0 saturated carbocycles. The van der Waals surface area contributed by atoms with E-state index in [-0.39, 0.29) is 11.3 Å². The van der Waals surface area contributed by atoms with Crippen LogP contribution >= 0.6 is 0 Å². The van der Waals surface area contributed by atoms with E-state index in [1.807, 2.05) is 6.92 Å². The molecule has 1 aromatic heterocycles. The molecule has 2 aliphatic rings. The van der Waals surface area contributed by atoms with Gasteiger partial charge in [0.05, 0.1) is 13.2 Å². The van der Waals surface area contributed by atoms with Crippen molar-refractivity contribution in [2.75, 3.05) is 70.6 Å². The van der Waals surface area contributed by atoms with Gasteiger partial charge in [-0.1, -0.05) is 0 Å². The number of nitrogens with one attached hydrogen (secondary N) is 1. The Bertz CT molecular complexity index is 668. The van der Waals surface area contributed by atoms with E-state index in [9.17, 15) is 4.79 Å². The molecular formula is C21H35N5O3. The molecule has 1 aromatic rings. The van der Waals surface area contributed by atoms with Crippen molar-refractivity contribution in [3.8, 4) is 0 Å². The van der Waals surface area contributed by atoms with E-state index in [1.165, 1.54) is 0 Å². The Morgan fingerprint density at radius 3 is 2.45 bits per heavy atom. The van der Waals surface area contributed by atoms with E-state index in [0.29, 0.717) is 18.2 Å². The molecule has 2 fully saturated rings. The van der Waals surface area contributed by atoms with Gasteiger partial charge in [-0.05, 0) is 39.7 Å². The summed E-state index contributed by atoms with van der Waals surface area (Å²) in [5, 5.41) is 3.17. The molecule has 3 heterocycles. The molecule has 2 aliphatic heterocycles. The van der Waals surface area contributed by atoms with Crippen LogP contribution < -0.4 is 10.2 Å². The molecule has 0 bridgehead atoms. The molecule has 1 N–H and O–H groups in total. The van der Waals surface area contributed by atoms with E-state index in [2.05, 4.69) is 38.9 Å². The first-order valence-corrected chi connectivity index (χ1v) is 10.8. The lowest BCUT2D eigenvalue weighted by atomic mass is 9.79. The first-order chi connectivity index (χ1) is 14.0. The zero-order valence-electron chi connectivity index (χ0n) is 18.1. The standard InChI is InChI=1S/C21H35N5O3/c1-4-26(5-2)20-23-17(3)14-18(24-20)19(27)22-15-21(6-10-28-11-7-21)16-25-8-12-29-13-9-25/h14H,4-13,15-16H2,1-3H3,(H,22,27). The molecule has 1 amide bonds. The first kappa shape index (κ1) is 21.9. The number of rotatable bonds is 8. The number of aryl methyl sites for hydroxylation is 1. The summed E-state index contributed by atoms with van der Waals surface area (Å²) in [7, 11) is 0. The summed E-state index contributed by atoms with van der Waals surface area (Å²) in [5.74, 6) is 0.492. The van der Waals surface area contributed by atoms with E-state index in [1.54, 1.807) is 6.07 Å². The fourth-order valence-electron chi connectivity index (χ4n) is 4.10. The Hall–Kier alpha value is -1.77. The predicted octanol–water partition coefficient (Wildman–Crippen LogP) is 1.49. The second-order valence-corrected chi connectivity index (χ2v) is 8.05. The third kappa shape index (κ3) is 5.87. The number of hydrogen-bond donors (Lipinski definition) is 1. The highest BCUT2D eigenvalue weighted by Gasteiger charge is 2.35. The zero-order chi connectivity index (χ0) is 20.7. The zero-order valence-corrected chi connectivity index (χ0v) is 18.1. The quantitative estimate of drug-likeness (QED) is 0.702. The van der Waals surface area contributed by atoms with Gasteiger partial charge in [-0.25, -0.2) is 9.97 Å². The first-order valence-electron chi connectivity index (χ1n) is 10.8. The van der Waals surface area contributed by atoms with Gasteiger partial charge in [-0.2, -0.15) is 0 Å². The van der Waals surface area contributed by atoms with Gasteiger partial charge in [-0.3, -0.25) is 9.69 Å². The van der Waals surface area contributed by atoms with Crippen LogP contribution in [0, 0.1) is 12.3 Å². The van der Waals surface area contributed by atoms with Gasteiger partial charge in [0.25, 0.3) is 5.91 Å². The fourth-order valence-corrected chi connectivity index (χ4v) is 4.10. The van der Waals surface area contributed by atoms with Crippen LogP contribution in [0.2, 0.25) is 0 Å². The van der Waals surface area contributed by atoms with Crippen LogP contribution in [0.15, 0.2) is 6.07 Å². The minimum absolute atomic E-state index is 0.0367. The van der Waals surface area contributed by atoms with Gasteiger partial charge in [0.2, 0.25) is 5.95 Å². The highest BCUT2D eigenvalue weighted by atomic mass is 16.5. The van der Waals surface area contributed by atoms with Crippen molar-refractivity contribution >= 4 is 11.9 Å². The number of amides is 1. The second kappa shape index (κ2) is 10.3. The Morgan fingerprint density at radius 2 is 1.79 bits per heavy atom. The van der Waals surface area contributed by atoms with Gasteiger partial charge >= 0.3 is 0 Å². The molecule has 162 valence electrons. The number of carbonyl (C=O) groups excluding carboxylic acids is 1. The molecule has 0 atom stereocenters. The summed E-state index contributed by atoms with van der Waals surface area (Å²) in [6.07, 6.45) is 1.91. The Balaban J connectivity index is 1.68. The number of morpholine rings is 1. The molecule has 0 radical (unpaired) electrons. The van der Waals surface area contributed by atoms with Crippen molar-refractivity contribution in [1.29, 1.82) is 0 Å².